The Labute approximate surface area is 102 Å². The summed E-state index contributed by atoms with van der Waals surface area (Å²) in [5.74, 6) is -0.557. The Balaban J connectivity index is 2.19. The van der Waals surface area contributed by atoms with E-state index in [1.807, 2.05) is 0 Å². The second kappa shape index (κ2) is 4.50. The molecule has 2 heterocycles. The van der Waals surface area contributed by atoms with Gasteiger partial charge in [-0.05, 0) is 13.8 Å². The van der Waals surface area contributed by atoms with Crippen molar-refractivity contribution in [3.63, 3.8) is 0 Å². The van der Waals surface area contributed by atoms with Gasteiger partial charge in [0, 0.05) is 6.20 Å². The zero-order chi connectivity index (χ0) is 12.4. The summed E-state index contributed by atoms with van der Waals surface area (Å²) in [6.45, 7) is 3.39. The Bertz CT molecular complexity index is 567. The number of ether oxygens (including phenoxy) is 1. The molecule has 2 rings (SSSR count). The predicted octanol–water partition coefficient (Wildman–Crippen LogP) is 1.69. The maximum Gasteiger partial charge on any atom is 0.349 e. The Kier molecular flexibility index (Phi) is 3.06. The van der Waals surface area contributed by atoms with Crippen LogP contribution in [0.2, 0.25) is 5.02 Å². The van der Waals surface area contributed by atoms with Crippen LogP contribution in [0.1, 0.15) is 21.7 Å². The fourth-order valence-corrected chi connectivity index (χ4v) is 1.27. The average Bonchev–Trinajstić information content (AvgIpc) is 2.70. The highest BCUT2D eigenvalue weighted by Gasteiger charge is 2.15. The maximum atomic E-state index is 11.7. The fraction of sp³-hybridized carbons (Fsp3) is 0.200. The molecule has 6 nitrogen and oxygen atoms in total. The summed E-state index contributed by atoms with van der Waals surface area (Å²) < 4.78 is 5.00. The molecule has 2 aromatic heterocycles. The van der Waals surface area contributed by atoms with Crippen molar-refractivity contribution in [1.29, 1.82) is 0 Å². The molecule has 0 bridgehead atoms. The van der Waals surface area contributed by atoms with E-state index in [9.17, 15) is 4.79 Å². The Morgan fingerprint density at radius 3 is 2.76 bits per heavy atom. The Hall–Kier alpha value is -1.95. The summed E-state index contributed by atoms with van der Waals surface area (Å²) in [6.07, 6.45) is 2.84. The van der Waals surface area contributed by atoms with Gasteiger partial charge in [0.15, 0.2) is 0 Å². The van der Waals surface area contributed by atoms with Crippen molar-refractivity contribution in [2.75, 3.05) is 0 Å². The molecule has 0 aliphatic rings. The lowest BCUT2D eigenvalue weighted by molar-refractivity contribution is 0.0718. The molecule has 0 fully saturated rings. The van der Waals surface area contributed by atoms with E-state index < -0.39 is 5.97 Å². The minimum atomic E-state index is -0.557. The third kappa shape index (κ3) is 2.42. The van der Waals surface area contributed by atoms with Gasteiger partial charge in [-0.2, -0.15) is 10.1 Å². The first-order valence-electron chi connectivity index (χ1n) is 4.79. The van der Waals surface area contributed by atoms with Gasteiger partial charge in [0.2, 0.25) is 0 Å². The van der Waals surface area contributed by atoms with Crippen molar-refractivity contribution in [2.24, 2.45) is 0 Å². The van der Waals surface area contributed by atoms with Crippen LogP contribution in [0.25, 0.3) is 0 Å². The van der Waals surface area contributed by atoms with Crippen molar-refractivity contribution >= 4 is 17.6 Å². The Morgan fingerprint density at radius 1 is 1.41 bits per heavy atom. The zero-order valence-corrected chi connectivity index (χ0v) is 9.95. The number of carbonyl (C=O) groups is 1. The smallest absolute Gasteiger partial charge is 0.349 e. The van der Waals surface area contributed by atoms with Gasteiger partial charge < -0.3 is 4.74 Å². The molecule has 0 atom stereocenters. The van der Waals surface area contributed by atoms with E-state index in [4.69, 9.17) is 16.3 Å². The van der Waals surface area contributed by atoms with Crippen molar-refractivity contribution in [2.45, 2.75) is 13.8 Å². The molecule has 7 heteroatoms. The van der Waals surface area contributed by atoms with Crippen LogP contribution in [0, 0.1) is 13.8 Å². The van der Waals surface area contributed by atoms with Crippen LogP contribution >= 0.6 is 11.6 Å². The molecule has 1 N–H and O–H groups in total. The highest BCUT2D eigenvalue weighted by Crippen LogP contribution is 2.15. The molecule has 0 saturated carbocycles. The molecule has 0 aliphatic carbocycles. The number of aryl methyl sites for hydroxylation is 2. The molecular weight excluding hydrogens is 244 g/mol. The van der Waals surface area contributed by atoms with Crippen LogP contribution in [0.15, 0.2) is 12.4 Å². The van der Waals surface area contributed by atoms with Crippen molar-refractivity contribution in [3.05, 3.63) is 34.4 Å². The standard InChI is InChI=1S/C10H9ClN4O2/c1-5-7(3-13-15-5)9(16)17-10-12-4-8(11)6(2)14-10/h3-4H,1-2H3,(H,13,15). The van der Waals surface area contributed by atoms with Crippen molar-refractivity contribution in [3.8, 4) is 6.01 Å². The maximum absolute atomic E-state index is 11.7. The molecule has 0 saturated heterocycles. The van der Waals surface area contributed by atoms with E-state index in [1.54, 1.807) is 13.8 Å². The van der Waals surface area contributed by atoms with Crippen LogP contribution < -0.4 is 4.74 Å². The molecule has 2 aromatic rings. The number of rotatable bonds is 2. The summed E-state index contributed by atoms with van der Waals surface area (Å²) in [7, 11) is 0. The third-order valence-electron chi connectivity index (χ3n) is 2.13. The van der Waals surface area contributed by atoms with Gasteiger partial charge in [0.05, 0.1) is 22.6 Å². The van der Waals surface area contributed by atoms with Gasteiger partial charge in [0.1, 0.15) is 5.56 Å². The summed E-state index contributed by atoms with van der Waals surface area (Å²) >= 11 is 5.76. The van der Waals surface area contributed by atoms with Crippen LogP contribution in [-0.2, 0) is 0 Å². The van der Waals surface area contributed by atoms with E-state index in [1.165, 1.54) is 12.4 Å². The quantitative estimate of drug-likeness (QED) is 0.823. The number of hydrogen-bond acceptors (Lipinski definition) is 5. The minimum absolute atomic E-state index is 0.0301. The topological polar surface area (TPSA) is 80.8 Å². The lowest BCUT2D eigenvalue weighted by Gasteiger charge is -2.02. The number of H-pyrrole nitrogens is 1. The van der Waals surface area contributed by atoms with Gasteiger partial charge in [-0.25, -0.2) is 9.78 Å². The SMILES string of the molecule is Cc1nc(OC(=O)c2c[nH]nc2C)ncc1Cl. The lowest BCUT2D eigenvalue weighted by Crippen LogP contribution is -2.11. The highest BCUT2D eigenvalue weighted by molar-refractivity contribution is 6.31. The fourth-order valence-electron chi connectivity index (χ4n) is 1.18. The molecule has 17 heavy (non-hydrogen) atoms. The van der Waals surface area contributed by atoms with Gasteiger partial charge in [-0.3, -0.25) is 5.10 Å². The molecule has 0 unspecified atom stereocenters. The predicted molar refractivity (Wildman–Crippen MR) is 60.1 cm³/mol. The normalized spacial score (nSPS) is 10.3. The van der Waals surface area contributed by atoms with E-state index >= 15 is 0 Å². The molecule has 0 aromatic carbocycles. The van der Waals surface area contributed by atoms with Gasteiger partial charge in [0.25, 0.3) is 0 Å². The first-order chi connectivity index (χ1) is 8.08. The van der Waals surface area contributed by atoms with E-state index in [2.05, 4.69) is 20.2 Å². The number of halogens is 1. The van der Waals surface area contributed by atoms with Crippen LogP contribution in [0.4, 0.5) is 0 Å². The van der Waals surface area contributed by atoms with Crippen LogP contribution in [0.5, 0.6) is 6.01 Å². The number of nitrogens with one attached hydrogen (secondary N) is 1. The highest BCUT2D eigenvalue weighted by atomic mass is 35.5. The summed E-state index contributed by atoms with van der Waals surface area (Å²) in [5.41, 5.74) is 1.45. The number of hydrogen-bond donors (Lipinski definition) is 1. The number of nitrogens with zero attached hydrogens (tertiary/aromatic N) is 3. The van der Waals surface area contributed by atoms with E-state index in [0.29, 0.717) is 22.0 Å². The second-order valence-electron chi connectivity index (χ2n) is 3.36. The van der Waals surface area contributed by atoms with Crippen molar-refractivity contribution < 1.29 is 9.53 Å². The third-order valence-corrected chi connectivity index (χ3v) is 2.50. The van der Waals surface area contributed by atoms with Crippen molar-refractivity contribution in [1.82, 2.24) is 20.2 Å². The minimum Gasteiger partial charge on any atom is -0.387 e. The van der Waals surface area contributed by atoms with Gasteiger partial charge >= 0.3 is 12.0 Å². The summed E-state index contributed by atoms with van der Waals surface area (Å²) in [6, 6.07) is -0.0301. The molecule has 0 aliphatic heterocycles. The van der Waals surface area contributed by atoms with Crippen LogP contribution in [-0.4, -0.2) is 26.1 Å². The molecular formula is C10H9ClN4O2. The summed E-state index contributed by atoms with van der Waals surface area (Å²) in [5, 5.41) is 6.82. The number of aromatic amines is 1. The number of carbonyl (C=O) groups excluding carboxylic acids is 1. The lowest BCUT2D eigenvalue weighted by atomic mass is 10.3. The molecule has 0 amide bonds. The molecule has 0 spiro atoms. The zero-order valence-electron chi connectivity index (χ0n) is 9.19. The van der Waals surface area contributed by atoms with Gasteiger partial charge in [-0.15, -0.1) is 0 Å². The Morgan fingerprint density at radius 2 is 2.18 bits per heavy atom. The van der Waals surface area contributed by atoms with E-state index in [-0.39, 0.29) is 6.01 Å². The number of aromatic nitrogens is 4. The largest absolute Gasteiger partial charge is 0.387 e. The second-order valence-corrected chi connectivity index (χ2v) is 3.77. The average molecular weight is 253 g/mol. The number of esters is 1. The summed E-state index contributed by atoms with van der Waals surface area (Å²) in [4.78, 5) is 19.4. The van der Waals surface area contributed by atoms with Crippen LogP contribution in [0.3, 0.4) is 0 Å². The monoisotopic (exact) mass is 252 g/mol. The molecule has 0 radical (unpaired) electrons. The van der Waals surface area contributed by atoms with Gasteiger partial charge in [-0.1, -0.05) is 11.6 Å². The first-order valence-corrected chi connectivity index (χ1v) is 5.17. The molecule has 88 valence electrons. The van der Waals surface area contributed by atoms with E-state index in [0.717, 1.165) is 0 Å². The first kappa shape index (κ1) is 11.5.